The number of hydrogen-bond acceptors (Lipinski definition) is 0. The van der Waals surface area contributed by atoms with Crippen LogP contribution in [0.3, 0.4) is 0 Å². The van der Waals surface area contributed by atoms with E-state index in [-0.39, 0.29) is 16.2 Å². The summed E-state index contributed by atoms with van der Waals surface area (Å²) in [7, 11) is 0. The minimum atomic E-state index is -0.0805. The average molecular weight is 683 g/mol. The van der Waals surface area contributed by atoms with Crippen LogP contribution in [0.15, 0.2) is 72.8 Å². The number of hydrogen-bond donors (Lipinski definition) is 0. The molecule has 0 saturated carbocycles. The summed E-state index contributed by atoms with van der Waals surface area (Å²) in [6.07, 6.45) is 18.6. The lowest BCUT2D eigenvalue weighted by molar-refractivity contribution is 0.396. The van der Waals surface area contributed by atoms with Crippen LogP contribution in [0.1, 0.15) is 187 Å². The molecule has 0 bridgehead atoms. The molecule has 0 fully saturated rings. The van der Waals surface area contributed by atoms with Crippen molar-refractivity contribution < 1.29 is 0 Å². The van der Waals surface area contributed by atoms with Crippen LogP contribution in [0, 0.1) is 27.7 Å². The molecule has 1 aliphatic rings. The topological polar surface area (TPSA) is 0 Å². The van der Waals surface area contributed by atoms with E-state index in [1.807, 2.05) is 0 Å². The smallest absolute Gasteiger partial charge is 0.0215 e. The molecule has 0 amide bonds. The standard InChI is InChI=1S/C51H70/c1-11-13-15-17-19-21-27-51(28-22-20-18-16-14-12-2)47-35-41(49(7,8)43-31-37(3)29-38(4)32-43)23-25-45(47)46-26-24-42(36-48(46)51)50(9,10)44-33-39(5)30-40(6)34-44/h23-26,29-36H,11-22,27-28H2,1-10H3. The molecule has 4 aromatic carbocycles. The van der Waals surface area contributed by atoms with Crippen molar-refractivity contribution in [3.8, 4) is 11.1 Å². The maximum absolute atomic E-state index is 2.68. The maximum atomic E-state index is 2.68. The van der Waals surface area contributed by atoms with Gasteiger partial charge in [0.25, 0.3) is 0 Å². The summed E-state index contributed by atoms with van der Waals surface area (Å²) >= 11 is 0. The lowest BCUT2D eigenvalue weighted by Gasteiger charge is -2.36. The molecule has 0 nitrogen and oxygen atoms in total. The largest absolute Gasteiger partial charge is 0.0654 e. The van der Waals surface area contributed by atoms with Crippen molar-refractivity contribution in [3.05, 3.63) is 128 Å². The molecule has 51 heavy (non-hydrogen) atoms. The Hall–Kier alpha value is -3.12. The highest BCUT2D eigenvalue weighted by atomic mass is 14.5. The van der Waals surface area contributed by atoms with Crippen LogP contribution in [-0.2, 0) is 16.2 Å². The van der Waals surface area contributed by atoms with Gasteiger partial charge in [-0.2, -0.15) is 0 Å². The first-order valence-corrected chi connectivity index (χ1v) is 20.8. The predicted molar refractivity (Wildman–Crippen MR) is 225 cm³/mol. The molecule has 0 aliphatic heterocycles. The lowest BCUT2D eigenvalue weighted by Crippen LogP contribution is -2.28. The van der Waals surface area contributed by atoms with Crippen molar-refractivity contribution in [3.63, 3.8) is 0 Å². The van der Waals surface area contributed by atoms with E-state index in [0.717, 1.165) is 0 Å². The molecule has 5 rings (SSSR count). The zero-order chi connectivity index (χ0) is 36.8. The molecule has 0 heteroatoms. The maximum Gasteiger partial charge on any atom is 0.0215 e. The van der Waals surface area contributed by atoms with Gasteiger partial charge in [0.2, 0.25) is 0 Å². The summed E-state index contributed by atoms with van der Waals surface area (Å²) in [6.45, 7) is 23.4. The van der Waals surface area contributed by atoms with Crippen molar-refractivity contribution in [2.75, 3.05) is 0 Å². The van der Waals surface area contributed by atoms with Crippen molar-refractivity contribution in [2.45, 2.75) is 175 Å². The molecule has 0 aromatic heterocycles. The Morgan fingerprint density at radius 2 is 0.725 bits per heavy atom. The molecular weight excluding hydrogens is 613 g/mol. The minimum Gasteiger partial charge on any atom is -0.0654 e. The third-order valence-electron chi connectivity index (χ3n) is 12.6. The van der Waals surface area contributed by atoms with E-state index in [0.29, 0.717) is 0 Å². The molecule has 0 unspecified atom stereocenters. The number of aryl methyl sites for hydroxylation is 4. The molecule has 0 spiro atoms. The first-order chi connectivity index (χ1) is 24.3. The molecular formula is C51H70. The van der Waals surface area contributed by atoms with Gasteiger partial charge in [-0.05, 0) is 85.0 Å². The fraction of sp³-hybridized carbons (Fsp3) is 0.529. The van der Waals surface area contributed by atoms with Gasteiger partial charge in [-0.1, -0.05) is 214 Å². The fourth-order valence-corrected chi connectivity index (χ4v) is 9.35. The van der Waals surface area contributed by atoms with Gasteiger partial charge in [-0.25, -0.2) is 0 Å². The SMILES string of the molecule is CCCCCCCCC1(CCCCCCCC)c2cc(C(C)(C)c3cc(C)cc(C)c3)ccc2-c2ccc(C(C)(C)c3cc(C)cc(C)c3)cc21. The summed E-state index contributed by atoms with van der Waals surface area (Å²) < 4.78 is 0. The van der Waals surface area contributed by atoms with Crippen LogP contribution in [-0.4, -0.2) is 0 Å². The number of unbranched alkanes of at least 4 members (excludes halogenated alkanes) is 10. The summed E-state index contributed by atoms with van der Waals surface area (Å²) in [5.41, 5.74) is 17.2. The normalized spacial score (nSPS) is 13.8. The van der Waals surface area contributed by atoms with Crippen LogP contribution in [0.5, 0.6) is 0 Å². The first-order valence-electron chi connectivity index (χ1n) is 20.8. The summed E-state index contributed by atoms with van der Waals surface area (Å²) in [5.74, 6) is 0. The minimum absolute atomic E-state index is 0.0450. The van der Waals surface area contributed by atoms with Crippen LogP contribution in [0.2, 0.25) is 0 Å². The molecule has 1 aliphatic carbocycles. The second-order valence-electron chi connectivity index (χ2n) is 17.6. The molecule has 0 radical (unpaired) electrons. The van der Waals surface area contributed by atoms with E-state index in [9.17, 15) is 0 Å². The van der Waals surface area contributed by atoms with Gasteiger partial charge in [0, 0.05) is 16.2 Å². The van der Waals surface area contributed by atoms with Crippen molar-refractivity contribution >= 4 is 0 Å². The summed E-state index contributed by atoms with van der Waals surface area (Å²) in [5, 5.41) is 0. The van der Waals surface area contributed by atoms with Crippen molar-refractivity contribution in [1.29, 1.82) is 0 Å². The fourth-order valence-electron chi connectivity index (χ4n) is 9.35. The number of fused-ring (bicyclic) bond motifs is 3. The van der Waals surface area contributed by atoms with E-state index in [1.165, 1.54) is 146 Å². The quantitative estimate of drug-likeness (QED) is 0.0916. The molecule has 0 atom stereocenters. The Morgan fingerprint density at radius 1 is 0.392 bits per heavy atom. The highest BCUT2D eigenvalue weighted by molar-refractivity contribution is 5.82. The van der Waals surface area contributed by atoms with Crippen molar-refractivity contribution in [1.82, 2.24) is 0 Å². The Kier molecular flexibility index (Phi) is 12.8. The van der Waals surface area contributed by atoms with Gasteiger partial charge in [0.05, 0.1) is 0 Å². The van der Waals surface area contributed by atoms with Crippen molar-refractivity contribution in [2.24, 2.45) is 0 Å². The van der Waals surface area contributed by atoms with Crippen LogP contribution in [0.25, 0.3) is 11.1 Å². The second-order valence-corrected chi connectivity index (χ2v) is 17.6. The summed E-state index contributed by atoms with van der Waals surface area (Å²) in [6, 6.07) is 29.5. The van der Waals surface area contributed by atoms with Gasteiger partial charge < -0.3 is 0 Å². The zero-order valence-corrected chi connectivity index (χ0v) is 34.3. The highest BCUT2D eigenvalue weighted by Crippen LogP contribution is 2.56. The average Bonchev–Trinajstić information content (AvgIpc) is 3.35. The summed E-state index contributed by atoms with van der Waals surface area (Å²) in [4.78, 5) is 0. The third-order valence-corrected chi connectivity index (χ3v) is 12.6. The van der Waals surface area contributed by atoms with Gasteiger partial charge in [0.15, 0.2) is 0 Å². The highest BCUT2D eigenvalue weighted by Gasteiger charge is 2.44. The van der Waals surface area contributed by atoms with Gasteiger partial charge in [-0.15, -0.1) is 0 Å². The molecule has 274 valence electrons. The molecule has 4 aromatic rings. The Morgan fingerprint density at radius 3 is 1.08 bits per heavy atom. The number of benzene rings is 4. The van der Waals surface area contributed by atoms with E-state index in [2.05, 4.69) is 142 Å². The predicted octanol–water partition coefficient (Wildman–Crippen LogP) is 15.3. The molecule has 0 heterocycles. The van der Waals surface area contributed by atoms with Gasteiger partial charge in [-0.3, -0.25) is 0 Å². The Labute approximate surface area is 313 Å². The zero-order valence-electron chi connectivity index (χ0n) is 34.3. The van der Waals surface area contributed by atoms with Crippen LogP contribution in [0.4, 0.5) is 0 Å². The van der Waals surface area contributed by atoms with E-state index in [4.69, 9.17) is 0 Å². The third kappa shape index (κ3) is 8.58. The Bertz CT molecular complexity index is 1590. The van der Waals surface area contributed by atoms with E-state index < -0.39 is 0 Å². The first kappa shape index (κ1) is 39.1. The van der Waals surface area contributed by atoms with E-state index in [1.54, 1.807) is 11.1 Å². The molecule has 0 N–H and O–H groups in total. The van der Waals surface area contributed by atoms with Crippen LogP contribution < -0.4 is 0 Å². The monoisotopic (exact) mass is 683 g/mol. The Balaban J connectivity index is 1.65. The van der Waals surface area contributed by atoms with E-state index >= 15 is 0 Å². The molecule has 0 saturated heterocycles. The van der Waals surface area contributed by atoms with Gasteiger partial charge >= 0.3 is 0 Å². The van der Waals surface area contributed by atoms with Crippen LogP contribution >= 0.6 is 0 Å². The number of rotatable bonds is 18. The second kappa shape index (κ2) is 16.7. The lowest BCUT2D eigenvalue weighted by atomic mass is 9.68. The van der Waals surface area contributed by atoms with Gasteiger partial charge in [0.1, 0.15) is 0 Å².